The van der Waals surface area contributed by atoms with Crippen LogP contribution in [0.4, 0.5) is 10.1 Å². The van der Waals surface area contributed by atoms with Gasteiger partial charge in [0.1, 0.15) is 5.82 Å². The highest BCUT2D eigenvalue weighted by Crippen LogP contribution is 2.19. The maximum Gasteiger partial charge on any atom is 0.171 e. The van der Waals surface area contributed by atoms with Crippen molar-refractivity contribution in [3.05, 3.63) is 65.5 Å². The van der Waals surface area contributed by atoms with Crippen LogP contribution in [-0.2, 0) is 0 Å². The lowest BCUT2D eigenvalue weighted by molar-refractivity contribution is 0.631. The maximum atomic E-state index is 13.6. The highest BCUT2D eigenvalue weighted by Gasteiger charge is 2.09. The molecule has 0 aliphatic carbocycles. The molecule has 0 heterocycles. The molecule has 2 rings (SSSR count). The largest absolute Gasteiger partial charge is 0.356 e. The van der Waals surface area contributed by atoms with Gasteiger partial charge < -0.3 is 10.6 Å². The number of anilines is 1. The van der Waals surface area contributed by atoms with Crippen molar-refractivity contribution in [1.29, 1.82) is 0 Å². The number of para-hydroxylation sites is 1. The third-order valence-electron chi connectivity index (χ3n) is 3.57. The molecule has 0 aliphatic heterocycles. The van der Waals surface area contributed by atoms with Crippen LogP contribution in [0.15, 0.2) is 48.5 Å². The van der Waals surface area contributed by atoms with Crippen molar-refractivity contribution in [3.63, 3.8) is 0 Å². The smallest absolute Gasteiger partial charge is 0.171 e. The van der Waals surface area contributed by atoms with Gasteiger partial charge in [-0.1, -0.05) is 50.2 Å². The summed E-state index contributed by atoms with van der Waals surface area (Å²) >= 11 is 5.25. The first-order valence-corrected chi connectivity index (χ1v) is 7.80. The van der Waals surface area contributed by atoms with E-state index in [1.807, 2.05) is 6.92 Å². The third-order valence-corrected chi connectivity index (χ3v) is 3.79. The molecule has 22 heavy (non-hydrogen) atoms. The molecule has 1 atom stereocenters. The van der Waals surface area contributed by atoms with Crippen LogP contribution in [0.25, 0.3) is 0 Å². The molecular formula is C18H21FN2S. The Balaban J connectivity index is 1.97. The summed E-state index contributed by atoms with van der Waals surface area (Å²) in [4.78, 5) is 0. The third kappa shape index (κ3) is 4.28. The number of nitrogens with one attached hydrogen (secondary N) is 2. The average molecular weight is 316 g/mol. The van der Waals surface area contributed by atoms with Gasteiger partial charge in [0.2, 0.25) is 0 Å². The van der Waals surface area contributed by atoms with Crippen molar-refractivity contribution in [2.24, 2.45) is 0 Å². The fourth-order valence-corrected chi connectivity index (χ4v) is 2.46. The number of hydrogen-bond donors (Lipinski definition) is 2. The molecule has 0 aromatic heterocycles. The van der Waals surface area contributed by atoms with Crippen molar-refractivity contribution in [2.45, 2.75) is 32.7 Å². The highest BCUT2D eigenvalue weighted by molar-refractivity contribution is 7.80. The standard InChI is InChI=1S/C18H21FN2S/c1-12(2)14-8-10-15(11-9-14)13(3)20-18(22)21-17-7-5-4-6-16(17)19/h4-13H,1-3H3,(H2,20,21,22). The van der Waals surface area contributed by atoms with Crippen molar-refractivity contribution < 1.29 is 4.39 Å². The van der Waals surface area contributed by atoms with Gasteiger partial charge in [0, 0.05) is 0 Å². The fourth-order valence-electron chi connectivity index (χ4n) is 2.17. The first-order chi connectivity index (χ1) is 10.5. The first kappa shape index (κ1) is 16.4. The number of thiocarbonyl (C=S) groups is 1. The molecule has 0 amide bonds. The summed E-state index contributed by atoms with van der Waals surface area (Å²) in [7, 11) is 0. The molecule has 116 valence electrons. The average Bonchev–Trinajstić information content (AvgIpc) is 2.49. The molecule has 0 saturated heterocycles. The van der Waals surface area contributed by atoms with Crippen LogP contribution < -0.4 is 10.6 Å². The predicted molar refractivity (Wildman–Crippen MR) is 94.7 cm³/mol. The number of hydrogen-bond acceptors (Lipinski definition) is 1. The van der Waals surface area contributed by atoms with Gasteiger partial charge in [-0.25, -0.2) is 4.39 Å². The van der Waals surface area contributed by atoms with E-state index in [1.165, 1.54) is 11.6 Å². The molecular weight excluding hydrogens is 295 g/mol. The maximum absolute atomic E-state index is 13.6. The zero-order valence-corrected chi connectivity index (χ0v) is 13.9. The number of rotatable bonds is 4. The Hall–Kier alpha value is -1.94. The van der Waals surface area contributed by atoms with Crippen LogP contribution in [0, 0.1) is 5.82 Å². The van der Waals surface area contributed by atoms with Crippen LogP contribution in [0.5, 0.6) is 0 Å². The summed E-state index contributed by atoms with van der Waals surface area (Å²) in [5, 5.41) is 6.47. The molecule has 2 N–H and O–H groups in total. The predicted octanol–water partition coefficient (Wildman–Crippen LogP) is 5.00. The molecule has 0 saturated carbocycles. The molecule has 0 aliphatic rings. The summed E-state index contributed by atoms with van der Waals surface area (Å²) in [6.07, 6.45) is 0. The number of benzene rings is 2. The second-order valence-corrected chi connectivity index (χ2v) is 6.03. The minimum absolute atomic E-state index is 0.0491. The Bertz CT molecular complexity index is 638. The van der Waals surface area contributed by atoms with Crippen molar-refractivity contribution in [3.8, 4) is 0 Å². The quantitative estimate of drug-likeness (QED) is 0.777. The summed E-state index contributed by atoms with van der Waals surface area (Å²) in [5.41, 5.74) is 2.83. The minimum atomic E-state index is -0.319. The van der Waals surface area contributed by atoms with Crippen LogP contribution in [0.1, 0.15) is 43.9 Å². The fraction of sp³-hybridized carbons (Fsp3) is 0.278. The number of halogens is 1. The molecule has 2 aromatic carbocycles. The Morgan fingerprint density at radius 3 is 2.14 bits per heavy atom. The summed E-state index contributed by atoms with van der Waals surface area (Å²) in [5.74, 6) is 0.196. The van der Waals surface area contributed by atoms with Gasteiger partial charge in [-0.2, -0.15) is 0 Å². The first-order valence-electron chi connectivity index (χ1n) is 7.39. The van der Waals surface area contributed by atoms with E-state index in [9.17, 15) is 4.39 Å². The normalized spacial score (nSPS) is 12.0. The topological polar surface area (TPSA) is 24.1 Å². The minimum Gasteiger partial charge on any atom is -0.356 e. The molecule has 2 aromatic rings. The van der Waals surface area contributed by atoms with Gasteiger partial charge in [0.05, 0.1) is 11.7 Å². The molecule has 0 bridgehead atoms. The van der Waals surface area contributed by atoms with Gasteiger partial charge in [-0.05, 0) is 48.3 Å². The lowest BCUT2D eigenvalue weighted by atomic mass is 10.00. The van der Waals surface area contributed by atoms with Crippen LogP contribution >= 0.6 is 12.2 Å². The summed E-state index contributed by atoms with van der Waals surface area (Å²) in [6, 6.07) is 15.0. The molecule has 0 radical (unpaired) electrons. The lowest BCUT2D eigenvalue weighted by Gasteiger charge is -2.18. The van der Waals surface area contributed by atoms with Crippen LogP contribution in [0.2, 0.25) is 0 Å². The lowest BCUT2D eigenvalue weighted by Crippen LogP contribution is -2.31. The highest BCUT2D eigenvalue weighted by atomic mass is 32.1. The van der Waals surface area contributed by atoms with Gasteiger partial charge in [-0.3, -0.25) is 0 Å². The Morgan fingerprint density at radius 2 is 1.55 bits per heavy atom. The summed E-state index contributed by atoms with van der Waals surface area (Å²) < 4.78 is 13.6. The van der Waals surface area contributed by atoms with E-state index in [-0.39, 0.29) is 11.9 Å². The van der Waals surface area contributed by atoms with Gasteiger partial charge >= 0.3 is 0 Å². The van der Waals surface area contributed by atoms with Gasteiger partial charge in [0.25, 0.3) is 0 Å². The zero-order chi connectivity index (χ0) is 16.1. The molecule has 2 nitrogen and oxygen atoms in total. The molecule has 0 fully saturated rings. The Labute approximate surface area is 136 Å². The zero-order valence-electron chi connectivity index (χ0n) is 13.1. The van der Waals surface area contributed by atoms with E-state index < -0.39 is 0 Å². The molecule has 4 heteroatoms. The van der Waals surface area contributed by atoms with Crippen LogP contribution in [0.3, 0.4) is 0 Å². The SMILES string of the molecule is CC(C)c1ccc(C(C)NC(=S)Nc2ccccc2F)cc1. The second kappa shape index (κ2) is 7.36. The second-order valence-electron chi connectivity index (χ2n) is 5.62. The van der Waals surface area contributed by atoms with Gasteiger partial charge in [0.15, 0.2) is 5.11 Å². The van der Waals surface area contributed by atoms with E-state index in [4.69, 9.17) is 12.2 Å². The Kier molecular flexibility index (Phi) is 5.50. The monoisotopic (exact) mass is 316 g/mol. The Morgan fingerprint density at radius 1 is 0.955 bits per heavy atom. The van der Waals surface area contributed by atoms with Crippen molar-refractivity contribution in [2.75, 3.05) is 5.32 Å². The van der Waals surface area contributed by atoms with Crippen LogP contribution in [-0.4, -0.2) is 5.11 Å². The van der Waals surface area contributed by atoms with Crippen molar-refractivity contribution in [1.82, 2.24) is 5.32 Å². The molecule has 0 spiro atoms. The van der Waals surface area contributed by atoms with E-state index >= 15 is 0 Å². The van der Waals surface area contributed by atoms with E-state index in [0.717, 1.165) is 5.56 Å². The van der Waals surface area contributed by atoms with Gasteiger partial charge in [-0.15, -0.1) is 0 Å². The van der Waals surface area contributed by atoms with E-state index in [1.54, 1.807) is 18.2 Å². The van der Waals surface area contributed by atoms with E-state index in [2.05, 4.69) is 48.7 Å². The van der Waals surface area contributed by atoms with Crippen molar-refractivity contribution >= 4 is 23.0 Å². The van der Waals surface area contributed by atoms with E-state index in [0.29, 0.717) is 16.7 Å². The molecule has 1 unspecified atom stereocenters. The summed E-state index contributed by atoms with van der Waals surface area (Å²) in [6.45, 7) is 6.37.